The lowest BCUT2D eigenvalue weighted by atomic mass is 10.1. The number of carbonyl (C=O) groups is 1. The Morgan fingerprint density at radius 3 is 2.73 bits per heavy atom. The highest BCUT2D eigenvalue weighted by Crippen LogP contribution is 2.33. The van der Waals surface area contributed by atoms with Crippen LogP contribution in [0.5, 0.6) is 0 Å². The lowest BCUT2D eigenvalue weighted by Gasteiger charge is -2.19. The van der Waals surface area contributed by atoms with Gasteiger partial charge in [0.2, 0.25) is 0 Å². The molecule has 9 heteroatoms. The number of hydrogen-bond donors (Lipinski definition) is 1. The van der Waals surface area contributed by atoms with Crippen LogP contribution in [0.1, 0.15) is 54.5 Å². The first-order valence-corrected chi connectivity index (χ1v) is 12.0. The third-order valence-electron chi connectivity index (χ3n) is 5.83. The van der Waals surface area contributed by atoms with E-state index in [0.717, 1.165) is 37.4 Å². The van der Waals surface area contributed by atoms with Crippen LogP contribution in [0.2, 0.25) is 0 Å². The van der Waals surface area contributed by atoms with Gasteiger partial charge in [-0.15, -0.1) is 0 Å². The summed E-state index contributed by atoms with van der Waals surface area (Å²) in [6, 6.07) is 3.04. The van der Waals surface area contributed by atoms with Crippen LogP contribution in [0.15, 0.2) is 29.4 Å². The first-order chi connectivity index (χ1) is 14.4. The Kier molecular flexibility index (Phi) is 5.73. The van der Waals surface area contributed by atoms with E-state index in [9.17, 15) is 13.2 Å². The van der Waals surface area contributed by atoms with Crippen molar-refractivity contribution in [2.75, 3.05) is 18.0 Å². The van der Waals surface area contributed by atoms with E-state index >= 15 is 0 Å². The van der Waals surface area contributed by atoms with Crippen LogP contribution in [-0.2, 0) is 16.4 Å². The molecular formula is C21H27N5O3S. The van der Waals surface area contributed by atoms with E-state index in [4.69, 9.17) is 0 Å². The van der Waals surface area contributed by atoms with Gasteiger partial charge in [0.1, 0.15) is 11.5 Å². The molecule has 2 aromatic rings. The molecule has 0 aromatic carbocycles. The number of nitrogens with one attached hydrogen (secondary N) is 1. The van der Waals surface area contributed by atoms with Gasteiger partial charge >= 0.3 is 0 Å². The van der Waals surface area contributed by atoms with Crippen molar-refractivity contribution < 1.29 is 13.2 Å². The highest BCUT2D eigenvalue weighted by molar-refractivity contribution is 7.92. The van der Waals surface area contributed by atoms with Gasteiger partial charge in [0.25, 0.3) is 5.91 Å². The third kappa shape index (κ3) is 4.30. The largest absolute Gasteiger partial charge is 0.355 e. The Bertz CT molecular complexity index is 1050. The molecule has 2 aliphatic rings. The first kappa shape index (κ1) is 20.7. The first-order valence-electron chi connectivity index (χ1n) is 10.4. The van der Waals surface area contributed by atoms with Crippen LogP contribution in [-0.4, -0.2) is 47.6 Å². The molecule has 1 saturated heterocycles. The van der Waals surface area contributed by atoms with Crippen molar-refractivity contribution in [3.05, 3.63) is 41.6 Å². The van der Waals surface area contributed by atoms with Gasteiger partial charge in [-0.05, 0) is 44.2 Å². The Hall–Kier alpha value is -2.55. The average molecular weight is 430 g/mol. The molecule has 0 bridgehead atoms. The Morgan fingerprint density at radius 2 is 2.07 bits per heavy atom. The molecule has 1 aliphatic carbocycles. The molecule has 4 rings (SSSR count). The van der Waals surface area contributed by atoms with Crippen molar-refractivity contribution in [2.24, 2.45) is 5.92 Å². The predicted molar refractivity (Wildman–Crippen MR) is 113 cm³/mol. The second kappa shape index (κ2) is 8.29. The monoisotopic (exact) mass is 429 g/mol. The van der Waals surface area contributed by atoms with Gasteiger partial charge in [-0.2, -0.15) is 0 Å². The second-order valence-corrected chi connectivity index (χ2v) is 10.3. The van der Waals surface area contributed by atoms with Crippen LogP contribution in [0.4, 0.5) is 5.82 Å². The lowest BCUT2D eigenvalue weighted by molar-refractivity contribution is 0.0945. The number of aromatic nitrogens is 3. The Morgan fingerprint density at radius 1 is 1.27 bits per heavy atom. The molecule has 3 heterocycles. The maximum atomic E-state index is 12.5. The zero-order chi connectivity index (χ0) is 21.3. The summed E-state index contributed by atoms with van der Waals surface area (Å²) in [5, 5.41) is 2.48. The minimum atomic E-state index is -3.28. The number of sulfone groups is 1. The Labute approximate surface area is 177 Å². The van der Waals surface area contributed by atoms with E-state index in [1.165, 1.54) is 24.5 Å². The summed E-state index contributed by atoms with van der Waals surface area (Å²) in [6.45, 7) is 6.13. The maximum Gasteiger partial charge on any atom is 0.271 e. The van der Waals surface area contributed by atoms with E-state index in [2.05, 4.69) is 32.1 Å². The summed E-state index contributed by atoms with van der Waals surface area (Å²) in [7, 11) is -3.28. The zero-order valence-electron chi connectivity index (χ0n) is 17.3. The van der Waals surface area contributed by atoms with Gasteiger partial charge in [0.05, 0.1) is 34.3 Å². The lowest BCUT2D eigenvalue weighted by Crippen LogP contribution is -2.26. The minimum absolute atomic E-state index is 0.125. The molecule has 0 radical (unpaired) electrons. The number of carbonyl (C=O) groups excluding carboxylic acids is 1. The van der Waals surface area contributed by atoms with E-state index in [1.807, 2.05) is 6.92 Å². The second-order valence-electron chi connectivity index (χ2n) is 8.08. The number of nitrogens with zero attached hydrogens (tertiary/aromatic N) is 4. The van der Waals surface area contributed by atoms with Gasteiger partial charge in [-0.3, -0.25) is 9.78 Å². The Balaban J connectivity index is 1.40. The van der Waals surface area contributed by atoms with E-state index in [1.54, 1.807) is 0 Å². The smallest absolute Gasteiger partial charge is 0.271 e. The molecule has 1 saturated carbocycles. The number of hydrogen-bond acceptors (Lipinski definition) is 7. The standard InChI is InChI=1S/C21H27N5O3S/c1-3-15-7-9-26(13-15)20-14(2)25-19(12-23-20)21(27)24-11-16-10-18(6-8-22-16)30(28,29)17-4-5-17/h6,8,10,12,15,17H,3-5,7,9,11,13H2,1-2H3,(H,24,27)/t15-/m0/s1. The van der Waals surface area contributed by atoms with Crippen LogP contribution in [0.25, 0.3) is 0 Å². The number of pyridine rings is 1. The SMILES string of the molecule is CC[C@H]1CCN(c2ncc(C(=O)NCc3cc(S(=O)(=O)C4CC4)ccn3)nc2C)C1. The van der Waals surface area contributed by atoms with Crippen molar-refractivity contribution >= 4 is 21.6 Å². The molecule has 0 unspecified atom stereocenters. The molecule has 1 N–H and O–H groups in total. The van der Waals surface area contributed by atoms with Crippen LogP contribution in [0, 0.1) is 12.8 Å². The normalized spacial score (nSPS) is 19.1. The van der Waals surface area contributed by atoms with Crippen molar-refractivity contribution in [1.29, 1.82) is 0 Å². The maximum absolute atomic E-state index is 12.5. The fourth-order valence-electron chi connectivity index (χ4n) is 3.82. The fourth-order valence-corrected chi connectivity index (χ4v) is 5.51. The van der Waals surface area contributed by atoms with E-state index < -0.39 is 9.84 Å². The van der Waals surface area contributed by atoms with Crippen LogP contribution < -0.4 is 10.2 Å². The van der Waals surface area contributed by atoms with Gasteiger partial charge in [0.15, 0.2) is 9.84 Å². The molecule has 30 heavy (non-hydrogen) atoms. The van der Waals surface area contributed by atoms with Crippen molar-refractivity contribution in [3.8, 4) is 0 Å². The number of rotatable bonds is 7. The molecule has 1 amide bonds. The summed E-state index contributed by atoms with van der Waals surface area (Å²) in [6.07, 6.45) is 6.69. The van der Waals surface area contributed by atoms with Crippen LogP contribution >= 0.6 is 0 Å². The third-order valence-corrected chi connectivity index (χ3v) is 8.09. The summed E-state index contributed by atoms with van der Waals surface area (Å²) in [5.41, 5.74) is 1.47. The summed E-state index contributed by atoms with van der Waals surface area (Å²) >= 11 is 0. The highest BCUT2D eigenvalue weighted by atomic mass is 32.2. The van der Waals surface area contributed by atoms with E-state index in [-0.39, 0.29) is 28.3 Å². The number of aryl methyl sites for hydroxylation is 1. The van der Waals surface area contributed by atoms with Gasteiger partial charge in [-0.1, -0.05) is 13.3 Å². The molecular weight excluding hydrogens is 402 g/mol. The van der Waals surface area contributed by atoms with Crippen molar-refractivity contribution in [3.63, 3.8) is 0 Å². The highest BCUT2D eigenvalue weighted by Gasteiger charge is 2.37. The van der Waals surface area contributed by atoms with Crippen molar-refractivity contribution in [2.45, 2.75) is 56.2 Å². The molecule has 1 atom stereocenters. The summed E-state index contributed by atoms with van der Waals surface area (Å²) in [4.78, 5) is 28.1. The van der Waals surface area contributed by atoms with E-state index in [0.29, 0.717) is 24.5 Å². The zero-order valence-corrected chi connectivity index (χ0v) is 18.2. The quantitative estimate of drug-likeness (QED) is 0.720. The molecule has 160 valence electrons. The summed E-state index contributed by atoms with van der Waals surface area (Å²) < 4.78 is 24.8. The number of amides is 1. The molecule has 1 aliphatic heterocycles. The van der Waals surface area contributed by atoms with Gasteiger partial charge in [0, 0.05) is 19.3 Å². The minimum Gasteiger partial charge on any atom is -0.355 e. The molecule has 2 fully saturated rings. The predicted octanol–water partition coefficient (Wildman–Crippen LogP) is 2.28. The topological polar surface area (TPSA) is 105 Å². The van der Waals surface area contributed by atoms with Crippen molar-refractivity contribution in [1.82, 2.24) is 20.3 Å². The van der Waals surface area contributed by atoms with Gasteiger partial charge in [-0.25, -0.2) is 18.4 Å². The van der Waals surface area contributed by atoms with Crippen LogP contribution in [0.3, 0.4) is 0 Å². The summed E-state index contributed by atoms with van der Waals surface area (Å²) in [5.74, 6) is 1.16. The molecule has 8 nitrogen and oxygen atoms in total. The van der Waals surface area contributed by atoms with Gasteiger partial charge < -0.3 is 10.2 Å². The molecule has 2 aromatic heterocycles. The molecule has 0 spiro atoms. The fraction of sp³-hybridized carbons (Fsp3) is 0.524. The number of anilines is 1. The average Bonchev–Trinajstić information content (AvgIpc) is 3.51.